The molecule has 0 spiro atoms. The number of pyridine rings is 1. The molecule has 0 atom stereocenters. The molecule has 1 fully saturated rings. The summed E-state index contributed by atoms with van der Waals surface area (Å²) in [5.74, 6) is -0.674. The number of halogens is 1. The van der Waals surface area contributed by atoms with E-state index >= 15 is 0 Å². The fourth-order valence-electron chi connectivity index (χ4n) is 2.09. The van der Waals surface area contributed by atoms with Crippen LogP contribution in [-0.2, 0) is 15.1 Å². The molecule has 0 radical (unpaired) electrons. The average Bonchev–Trinajstić information content (AvgIpc) is 2.30. The van der Waals surface area contributed by atoms with Crippen molar-refractivity contribution in [1.82, 2.24) is 10.3 Å². The first kappa shape index (κ1) is 12.7. The van der Waals surface area contributed by atoms with Gasteiger partial charge in [0.15, 0.2) is 0 Å². The van der Waals surface area contributed by atoms with Crippen LogP contribution in [0.15, 0.2) is 31.2 Å². The Morgan fingerprint density at radius 2 is 2.44 bits per heavy atom. The minimum Gasteiger partial charge on any atom is -0.360 e. The smallest absolute Gasteiger partial charge is 0.249 e. The Bertz CT molecular complexity index is 458. The molecule has 0 saturated heterocycles. The number of hydrogen-bond donors (Lipinski definition) is 1. The Hall–Kier alpha value is -1.75. The Morgan fingerprint density at radius 3 is 3.00 bits per heavy atom. The van der Waals surface area contributed by atoms with Gasteiger partial charge in [-0.05, 0) is 31.5 Å². The van der Waals surface area contributed by atoms with Crippen molar-refractivity contribution in [3.8, 4) is 0 Å². The highest BCUT2D eigenvalue weighted by atomic mass is 19.1. The van der Waals surface area contributed by atoms with Crippen LogP contribution in [0.2, 0.25) is 0 Å². The minimum atomic E-state index is -0.675. The molecule has 0 aliphatic heterocycles. The summed E-state index contributed by atoms with van der Waals surface area (Å²) in [5.41, 5.74) is -0.193. The van der Waals surface area contributed by atoms with E-state index in [1.165, 1.54) is 18.6 Å². The predicted molar refractivity (Wildman–Crippen MR) is 64.0 cm³/mol. The molecule has 2 rings (SSSR count). The van der Waals surface area contributed by atoms with Crippen LogP contribution < -0.4 is 5.32 Å². The van der Waals surface area contributed by atoms with Gasteiger partial charge in [0.1, 0.15) is 12.4 Å². The van der Waals surface area contributed by atoms with Crippen LogP contribution in [0.1, 0.15) is 24.8 Å². The molecule has 1 saturated carbocycles. The van der Waals surface area contributed by atoms with Crippen molar-refractivity contribution >= 4 is 5.91 Å². The highest BCUT2D eigenvalue weighted by Gasteiger charge is 2.42. The Morgan fingerprint density at radius 1 is 1.67 bits per heavy atom. The summed E-state index contributed by atoms with van der Waals surface area (Å²) in [6.07, 6.45) is 6.40. The van der Waals surface area contributed by atoms with Gasteiger partial charge in [0.25, 0.3) is 0 Å². The lowest BCUT2D eigenvalue weighted by Gasteiger charge is -2.41. The summed E-state index contributed by atoms with van der Waals surface area (Å²) < 4.78 is 19.3. The minimum absolute atomic E-state index is 0.103. The first-order valence-electron chi connectivity index (χ1n) is 5.82. The van der Waals surface area contributed by atoms with E-state index in [1.807, 2.05) is 0 Å². The Labute approximate surface area is 105 Å². The molecule has 1 amide bonds. The molecular formula is C13H15FN2O2. The summed E-state index contributed by atoms with van der Waals surface area (Å²) in [5, 5.41) is 2.43. The van der Waals surface area contributed by atoms with Crippen molar-refractivity contribution in [3.05, 3.63) is 42.6 Å². The van der Waals surface area contributed by atoms with Gasteiger partial charge in [-0.1, -0.05) is 6.58 Å². The molecule has 0 unspecified atom stereocenters. The third-order valence-electron chi connectivity index (χ3n) is 3.17. The zero-order valence-corrected chi connectivity index (χ0v) is 9.99. The van der Waals surface area contributed by atoms with E-state index < -0.39 is 5.60 Å². The SMILES string of the molecule is C=CNC(=O)COC1(c2ccncc2F)CCC1. The number of aromatic nitrogens is 1. The zero-order valence-electron chi connectivity index (χ0n) is 9.99. The number of carbonyl (C=O) groups excluding carboxylic acids is 1. The first-order valence-corrected chi connectivity index (χ1v) is 5.82. The van der Waals surface area contributed by atoms with Gasteiger partial charge in [-0.2, -0.15) is 0 Å². The van der Waals surface area contributed by atoms with Crippen LogP contribution in [0.3, 0.4) is 0 Å². The fourth-order valence-corrected chi connectivity index (χ4v) is 2.09. The van der Waals surface area contributed by atoms with Gasteiger partial charge in [-0.15, -0.1) is 0 Å². The molecule has 1 aromatic heterocycles. The van der Waals surface area contributed by atoms with Crippen molar-refractivity contribution < 1.29 is 13.9 Å². The summed E-state index contributed by atoms with van der Waals surface area (Å²) in [4.78, 5) is 15.1. The van der Waals surface area contributed by atoms with E-state index in [0.717, 1.165) is 19.3 Å². The monoisotopic (exact) mass is 250 g/mol. The predicted octanol–water partition coefficient (Wildman–Crippen LogP) is 1.88. The highest BCUT2D eigenvalue weighted by molar-refractivity contribution is 5.78. The van der Waals surface area contributed by atoms with Gasteiger partial charge >= 0.3 is 0 Å². The number of carbonyl (C=O) groups is 1. The van der Waals surface area contributed by atoms with Gasteiger partial charge in [0, 0.05) is 11.8 Å². The van der Waals surface area contributed by atoms with E-state index in [2.05, 4.69) is 16.9 Å². The number of ether oxygens (including phenoxy) is 1. The standard InChI is InChI=1S/C13H15FN2O2/c1-2-16-12(17)9-18-13(5-3-6-13)10-4-7-15-8-11(10)14/h2,4,7-8H,1,3,5-6,9H2,(H,16,17). The number of rotatable bonds is 5. The molecule has 96 valence electrons. The molecule has 5 heteroatoms. The molecule has 0 aromatic carbocycles. The van der Waals surface area contributed by atoms with E-state index in [9.17, 15) is 9.18 Å². The van der Waals surface area contributed by atoms with Gasteiger partial charge in [0.2, 0.25) is 5.91 Å². The normalized spacial score (nSPS) is 16.7. The maximum absolute atomic E-state index is 13.7. The maximum Gasteiger partial charge on any atom is 0.249 e. The Kier molecular flexibility index (Phi) is 3.72. The molecular weight excluding hydrogens is 235 g/mol. The van der Waals surface area contributed by atoms with Crippen LogP contribution in [0.4, 0.5) is 4.39 Å². The number of hydrogen-bond acceptors (Lipinski definition) is 3. The van der Waals surface area contributed by atoms with E-state index in [-0.39, 0.29) is 18.3 Å². The second kappa shape index (κ2) is 5.27. The van der Waals surface area contributed by atoms with Crippen LogP contribution in [0, 0.1) is 5.82 Å². The topological polar surface area (TPSA) is 51.2 Å². The molecule has 1 N–H and O–H groups in total. The number of nitrogens with zero attached hydrogens (tertiary/aromatic N) is 1. The van der Waals surface area contributed by atoms with Gasteiger partial charge in [0.05, 0.1) is 11.8 Å². The summed E-state index contributed by atoms with van der Waals surface area (Å²) >= 11 is 0. The molecule has 1 heterocycles. The zero-order chi connectivity index (χ0) is 13.0. The average molecular weight is 250 g/mol. The summed E-state index contributed by atoms with van der Waals surface area (Å²) in [7, 11) is 0. The fraction of sp³-hybridized carbons (Fsp3) is 0.385. The maximum atomic E-state index is 13.7. The Balaban J connectivity index is 2.09. The van der Waals surface area contributed by atoms with Crippen LogP contribution in [0.5, 0.6) is 0 Å². The summed E-state index contributed by atoms with van der Waals surface area (Å²) in [6, 6.07) is 1.61. The second-order valence-electron chi connectivity index (χ2n) is 4.26. The van der Waals surface area contributed by atoms with Crippen molar-refractivity contribution in [2.45, 2.75) is 24.9 Å². The number of nitrogens with one attached hydrogen (secondary N) is 1. The number of amides is 1. The lowest BCUT2D eigenvalue weighted by molar-refractivity contribution is -0.144. The second-order valence-corrected chi connectivity index (χ2v) is 4.26. The molecule has 0 bridgehead atoms. The van der Waals surface area contributed by atoms with Crippen molar-refractivity contribution in [1.29, 1.82) is 0 Å². The van der Waals surface area contributed by atoms with Gasteiger partial charge in [-0.25, -0.2) is 4.39 Å². The van der Waals surface area contributed by atoms with Crippen LogP contribution in [0.25, 0.3) is 0 Å². The lowest BCUT2D eigenvalue weighted by Crippen LogP contribution is -2.40. The molecule has 1 aliphatic rings. The highest BCUT2D eigenvalue weighted by Crippen LogP contribution is 2.45. The summed E-state index contributed by atoms with van der Waals surface area (Å²) in [6.45, 7) is 3.29. The molecule has 1 aliphatic carbocycles. The third kappa shape index (κ3) is 2.41. The van der Waals surface area contributed by atoms with Crippen molar-refractivity contribution in [2.24, 2.45) is 0 Å². The molecule has 18 heavy (non-hydrogen) atoms. The van der Waals surface area contributed by atoms with E-state index in [1.54, 1.807) is 6.07 Å². The van der Waals surface area contributed by atoms with Crippen molar-refractivity contribution in [3.63, 3.8) is 0 Å². The third-order valence-corrected chi connectivity index (χ3v) is 3.17. The molecule has 1 aromatic rings. The van der Waals surface area contributed by atoms with E-state index in [4.69, 9.17) is 4.74 Å². The van der Waals surface area contributed by atoms with Crippen molar-refractivity contribution in [2.75, 3.05) is 6.61 Å². The van der Waals surface area contributed by atoms with Gasteiger partial charge < -0.3 is 10.1 Å². The van der Waals surface area contributed by atoms with Crippen LogP contribution >= 0.6 is 0 Å². The van der Waals surface area contributed by atoms with Crippen LogP contribution in [-0.4, -0.2) is 17.5 Å². The first-order chi connectivity index (χ1) is 8.68. The van der Waals surface area contributed by atoms with Gasteiger partial charge in [-0.3, -0.25) is 9.78 Å². The largest absolute Gasteiger partial charge is 0.360 e. The molecule has 4 nitrogen and oxygen atoms in total. The van der Waals surface area contributed by atoms with E-state index in [0.29, 0.717) is 5.56 Å². The lowest BCUT2D eigenvalue weighted by atomic mass is 9.75. The quantitative estimate of drug-likeness (QED) is 0.868.